The third kappa shape index (κ3) is 4.13. The molecule has 3 aliphatic heterocycles. The lowest BCUT2D eigenvalue weighted by molar-refractivity contribution is -0.119. The second-order valence-electron chi connectivity index (χ2n) is 9.93. The van der Waals surface area contributed by atoms with Crippen LogP contribution in [-0.2, 0) is 22.5 Å². The average molecular weight is 376 g/mol. The van der Waals surface area contributed by atoms with Gasteiger partial charge in [-0.25, -0.2) is 0 Å². The van der Waals surface area contributed by atoms with Crippen LogP contribution in [0.2, 0.25) is 0 Å². The Balaban J connectivity index is 1.52. The molecule has 0 saturated carbocycles. The van der Waals surface area contributed by atoms with Gasteiger partial charge in [0.25, 0.3) is 0 Å². The number of carbonyl (C=O) groups excluding carboxylic acids is 1. The molecule has 3 fully saturated rings. The molecule has 150 valence electrons. The molecule has 4 rings (SSSR count). The van der Waals surface area contributed by atoms with Gasteiger partial charge in [0.15, 0.2) is 0 Å². The summed E-state index contributed by atoms with van der Waals surface area (Å²) in [4.78, 5) is 14.1. The summed E-state index contributed by atoms with van der Waals surface area (Å²) in [5, 5.41) is 12.2. The molecule has 3 saturated heterocycles. The number of piperidine rings is 1. The summed E-state index contributed by atoms with van der Waals surface area (Å²) in [6.07, 6.45) is 4.80. The summed E-state index contributed by atoms with van der Waals surface area (Å²) in [7, 11) is 0. The molecule has 1 N–H and O–H groups in total. The zero-order valence-electron chi connectivity index (χ0n) is 17.0. The van der Waals surface area contributed by atoms with E-state index in [9.17, 15) is 4.79 Å². The number of nitrogens with one attached hydrogen (secondary N) is 1. The van der Waals surface area contributed by atoms with E-state index in [2.05, 4.69) is 45.8 Å². The highest BCUT2D eigenvalue weighted by atomic mass is 16.5. The van der Waals surface area contributed by atoms with Crippen molar-refractivity contribution in [3.63, 3.8) is 0 Å². The molecule has 7 heteroatoms. The Morgan fingerprint density at radius 1 is 1.26 bits per heavy atom. The van der Waals surface area contributed by atoms with E-state index in [0.717, 1.165) is 76.8 Å². The standard InChI is InChI=1S/C20H33N5O2/c1-19(2,3)10-16-22-23-18(25(16)12-15-4-9-27-13-15)24-7-5-20(6-8-24)11-17(26)21-14-20/h15H,4-14H2,1-3H3,(H,21,26). The van der Waals surface area contributed by atoms with E-state index in [0.29, 0.717) is 12.3 Å². The van der Waals surface area contributed by atoms with Crippen molar-refractivity contribution in [3.05, 3.63) is 5.82 Å². The predicted molar refractivity (Wildman–Crippen MR) is 104 cm³/mol. The lowest BCUT2D eigenvalue weighted by atomic mass is 9.78. The fourth-order valence-corrected chi connectivity index (χ4v) is 4.62. The fourth-order valence-electron chi connectivity index (χ4n) is 4.62. The molecule has 1 amide bonds. The van der Waals surface area contributed by atoms with Gasteiger partial charge in [-0.05, 0) is 30.1 Å². The number of carbonyl (C=O) groups is 1. The Kier molecular flexibility index (Phi) is 4.91. The van der Waals surface area contributed by atoms with E-state index < -0.39 is 0 Å². The molecule has 3 aliphatic rings. The second kappa shape index (κ2) is 7.08. The van der Waals surface area contributed by atoms with E-state index >= 15 is 0 Å². The van der Waals surface area contributed by atoms with Crippen LogP contribution >= 0.6 is 0 Å². The largest absolute Gasteiger partial charge is 0.381 e. The van der Waals surface area contributed by atoms with Gasteiger partial charge in [-0.2, -0.15) is 0 Å². The first kappa shape index (κ1) is 18.7. The molecule has 4 heterocycles. The van der Waals surface area contributed by atoms with Crippen molar-refractivity contribution in [2.75, 3.05) is 37.7 Å². The molecule has 1 spiro atoms. The molecule has 1 aromatic heterocycles. The third-order valence-corrected chi connectivity index (χ3v) is 6.26. The van der Waals surface area contributed by atoms with Gasteiger partial charge >= 0.3 is 0 Å². The van der Waals surface area contributed by atoms with Crippen molar-refractivity contribution in [2.45, 2.75) is 59.4 Å². The van der Waals surface area contributed by atoms with Crippen LogP contribution in [-0.4, -0.2) is 53.5 Å². The first-order valence-electron chi connectivity index (χ1n) is 10.4. The number of amides is 1. The molecular weight excluding hydrogens is 342 g/mol. The van der Waals surface area contributed by atoms with Gasteiger partial charge in [-0.3, -0.25) is 9.36 Å². The number of anilines is 1. The van der Waals surface area contributed by atoms with Crippen molar-refractivity contribution in [1.82, 2.24) is 20.1 Å². The molecule has 1 unspecified atom stereocenters. The second-order valence-corrected chi connectivity index (χ2v) is 9.93. The first-order chi connectivity index (χ1) is 12.8. The van der Waals surface area contributed by atoms with Crippen molar-refractivity contribution >= 4 is 11.9 Å². The molecule has 7 nitrogen and oxygen atoms in total. The maximum absolute atomic E-state index is 11.7. The molecular formula is C20H33N5O2. The van der Waals surface area contributed by atoms with Crippen LogP contribution < -0.4 is 10.2 Å². The SMILES string of the molecule is CC(C)(C)Cc1nnc(N2CCC3(CC2)CNC(=O)C3)n1CC1CCOC1. The number of rotatable bonds is 4. The summed E-state index contributed by atoms with van der Waals surface area (Å²) >= 11 is 0. The van der Waals surface area contributed by atoms with Crippen molar-refractivity contribution in [3.8, 4) is 0 Å². The van der Waals surface area contributed by atoms with Crippen LogP contribution in [0, 0.1) is 16.7 Å². The van der Waals surface area contributed by atoms with E-state index in [1.165, 1.54) is 0 Å². The average Bonchev–Trinajstić information content (AvgIpc) is 3.31. The van der Waals surface area contributed by atoms with E-state index in [-0.39, 0.29) is 16.7 Å². The zero-order valence-corrected chi connectivity index (χ0v) is 17.0. The highest BCUT2D eigenvalue weighted by molar-refractivity contribution is 5.79. The number of hydrogen-bond acceptors (Lipinski definition) is 5. The summed E-state index contributed by atoms with van der Waals surface area (Å²) in [5.41, 5.74) is 0.335. The van der Waals surface area contributed by atoms with Gasteiger partial charge in [0.1, 0.15) is 5.82 Å². The monoisotopic (exact) mass is 375 g/mol. The van der Waals surface area contributed by atoms with E-state index in [4.69, 9.17) is 4.74 Å². The topological polar surface area (TPSA) is 72.3 Å². The van der Waals surface area contributed by atoms with E-state index in [1.54, 1.807) is 0 Å². The summed E-state index contributed by atoms with van der Waals surface area (Å²) < 4.78 is 7.95. The van der Waals surface area contributed by atoms with Crippen LogP contribution in [0.25, 0.3) is 0 Å². The Morgan fingerprint density at radius 3 is 2.63 bits per heavy atom. The lowest BCUT2D eigenvalue weighted by Gasteiger charge is -2.38. The molecule has 27 heavy (non-hydrogen) atoms. The van der Waals surface area contributed by atoms with Gasteiger partial charge in [0.05, 0.1) is 6.61 Å². The van der Waals surface area contributed by atoms with Crippen molar-refractivity contribution in [1.29, 1.82) is 0 Å². The van der Waals surface area contributed by atoms with Gasteiger partial charge in [0, 0.05) is 51.5 Å². The molecule has 0 aromatic carbocycles. The Bertz CT molecular complexity index is 679. The number of aromatic nitrogens is 3. The normalized spacial score (nSPS) is 25.4. The summed E-state index contributed by atoms with van der Waals surface area (Å²) in [6, 6.07) is 0. The van der Waals surface area contributed by atoms with Crippen molar-refractivity contribution < 1.29 is 9.53 Å². The number of nitrogens with zero attached hydrogens (tertiary/aromatic N) is 4. The zero-order chi connectivity index (χ0) is 19.1. The summed E-state index contributed by atoms with van der Waals surface area (Å²) in [6.45, 7) is 12.1. The highest BCUT2D eigenvalue weighted by Gasteiger charge is 2.41. The number of hydrogen-bond donors (Lipinski definition) is 1. The lowest BCUT2D eigenvalue weighted by Crippen LogP contribution is -2.42. The third-order valence-electron chi connectivity index (χ3n) is 6.26. The van der Waals surface area contributed by atoms with Gasteiger partial charge in [-0.1, -0.05) is 20.8 Å². The number of ether oxygens (including phenoxy) is 1. The highest BCUT2D eigenvalue weighted by Crippen LogP contribution is 2.38. The van der Waals surface area contributed by atoms with Crippen LogP contribution in [0.15, 0.2) is 0 Å². The van der Waals surface area contributed by atoms with Gasteiger partial charge in [0.2, 0.25) is 11.9 Å². The Hall–Kier alpha value is -1.63. The maximum Gasteiger partial charge on any atom is 0.227 e. The molecule has 0 aliphatic carbocycles. The molecule has 1 atom stereocenters. The minimum atomic E-state index is 0.159. The first-order valence-corrected chi connectivity index (χ1v) is 10.4. The van der Waals surface area contributed by atoms with Crippen LogP contribution in [0.4, 0.5) is 5.95 Å². The van der Waals surface area contributed by atoms with Crippen LogP contribution in [0.1, 0.15) is 52.3 Å². The summed E-state index contributed by atoms with van der Waals surface area (Å²) in [5.74, 6) is 2.85. The Labute approximate surface area is 161 Å². The minimum absolute atomic E-state index is 0.159. The predicted octanol–water partition coefficient (Wildman–Crippen LogP) is 2.01. The van der Waals surface area contributed by atoms with Crippen molar-refractivity contribution in [2.24, 2.45) is 16.7 Å². The maximum atomic E-state index is 11.7. The van der Waals surface area contributed by atoms with Gasteiger partial charge in [-0.15, -0.1) is 10.2 Å². The van der Waals surface area contributed by atoms with E-state index in [1.807, 2.05) is 0 Å². The van der Waals surface area contributed by atoms with Crippen LogP contribution in [0.3, 0.4) is 0 Å². The molecule has 0 bridgehead atoms. The Morgan fingerprint density at radius 2 is 2.04 bits per heavy atom. The molecule has 0 radical (unpaired) electrons. The quantitative estimate of drug-likeness (QED) is 0.872. The van der Waals surface area contributed by atoms with Gasteiger partial charge < -0.3 is 15.0 Å². The van der Waals surface area contributed by atoms with Crippen LogP contribution in [0.5, 0.6) is 0 Å². The fraction of sp³-hybridized carbons (Fsp3) is 0.850. The molecule has 1 aromatic rings. The smallest absolute Gasteiger partial charge is 0.227 e. The minimum Gasteiger partial charge on any atom is -0.381 e.